The molecule has 2 atom stereocenters. The zero-order chi connectivity index (χ0) is 12.3. The van der Waals surface area contributed by atoms with Gasteiger partial charge >= 0.3 is 6.04 Å². The zero-order valence-corrected chi connectivity index (χ0v) is 8.43. The molecule has 0 unspecified atom stereocenters. The molecule has 7 heteroatoms. The van der Waals surface area contributed by atoms with E-state index in [-0.39, 0.29) is 19.0 Å². The molecule has 6 nitrogen and oxygen atoms in total. The van der Waals surface area contributed by atoms with Crippen LogP contribution in [0.4, 0.5) is 4.39 Å². The van der Waals surface area contributed by atoms with Gasteiger partial charge in [0.15, 0.2) is 0 Å². The Hall–Kier alpha value is -1.76. The molecule has 1 fully saturated rings. The van der Waals surface area contributed by atoms with Crippen LogP contribution in [-0.2, 0) is 14.4 Å². The van der Waals surface area contributed by atoms with Gasteiger partial charge in [0.2, 0.25) is 11.8 Å². The fourth-order valence-electron chi connectivity index (χ4n) is 1.61. The number of hydrogen-bond acceptors (Lipinski definition) is 4. The lowest BCUT2D eigenvalue weighted by molar-refractivity contribution is -0.133. The first kappa shape index (κ1) is 12.3. The minimum atomic E-state index is -1.73. The van der Waals surface area contributed by atoms with Gasteiger partial charge in [0.1, 0.15) is 6.04 Å². The number of halogens is 1. The van der Waals surface area contributed by atoms with Crippen LogP contribution in [0.1, 0.15) is 6.42 Å². The van der Waals surface area contributed by atoms with Gasteiger partial charge in [-0.15, -0.1) is 0 Å². The van der Waals surface area contributed by atoms with Crippen molar-refractivity contribution in [2.24, 2.45) is 11.5 Å². The zero-order valence-electron chi connectivity index (χ0n) is 8.43. The third-order valence-electron chi connectivity index (χ3n) is 2.30. The first-order valence-corrected chi connectivity index (χ1v) is 4.65. The molecule has 1 aliphatic heterocycles. The van der Waals surface area contributed by atoms with Crippen LogP contribution < -0.4 is 11.5 Å². The van der Waals surface area contributed by atoms with Crippen molar-refractivity contribution in [2.45, 2.75) is 18.5 Å². The number of primary amides is 1. The molecule has 0 saturated carbocycles. The molecule has 1 rings (SSSR count). The number of nitrogens with zero attached hydrogens (tertiary/aromatic N) is 1. The van der Waals surface area contributed by atoms with Crippen molar-refractivity contribution >= 4 is 17.9 Å². The number of carbonyl (C=O) groups is 3. The Morgan fingerprint density at radius 3 is 2.44 bits per heavy atom. The summed E-state index contributed by atoms with van der Waals surface area (Å²) in [7, 11) is 0. The van der Waals surface area contributed by atoms with E-state index >= 15 is 0 Å². The van der Waals surface area contributed by atoms with Crippen LogP contribution in [0.2, 0.25) is 0 Å². The highest BCUT2D eigenvalue weighted by Crippen LogP contribution is 2.16. The molecule has 0 aliphatic carbocycles. The van der Waals surface area contributed by atoms with Gasteiger partial charge in [-0.3, -0.25) is 14.4 Å². The summed E-state index contributed by atoms with van der Waals surface area (Å²) in [5.74, 6) is -1.32. The maximum Gasteiger partial charge on any atom is 0.325 e. The lowest BCUT2D eigenvalue weighted by Gasteiger charge is -2.19. The minimum absolute atomic E-state index is 0.164. The Morgan fingerprint density at radius 2 is 1.94 bits per heavy atom. The smallest absolute Gasteiger partial charge is 0.325 e. The third kappa shape index (κ3) is 2.86. The van der Waals surface area contributed by atoms with E-state index in [0.29, 0.717) is 6.08 Å². The molecule has 1 heterocycles. The first-order valence-electron chi connectivity index (χ1n) is 4.65. The summed E-state index contributed by atoms with van der Waals surface area (Å²) < 4.78 is 11.9. The van der Waals surface area contributed by atoms with Crippen LogP contribution in [0.3, 0.4) is 0 Å². The van der Waals surface area contributed by atoms with E-state index < -0.39 is 23.9 Å². The van der Waals surface area contributed by atoms with Gasteiger partial charge in [-0.1, -0.05) is 0 Å². The van der Waals surface area contributed by atoms with Gasteiger partial charge in [0.25, 0.3) is 0 Å². The monoisotopic (exact) mass is 229 g/mol. The van der Waals surface area contributed by atoms with Crippen molar-refractivity contribution in [3.63, 3.8) is 0 Å². The molecule has 2 amide bonds. The Morgan fingerprint density at radius 1 is 1.31 bits per heavy atom. The molecular weight excluding hydrogens is 217 g/mol. The molecule has 88 valence electrons. The molecule has 16 heavy (non-hydrogen) atoms. The van der Waals surface area contributed by atoms with E-state index in [1.54, 1.807) is 0 Å². The molecule has 1 saturated heterocycles. The van der Waals surface area contributed by atoms with Gasteiger partial charge in [-0.2, -0.15) is 4.39 Å². The van der Waals surface area contributed by atoms with Gasteiger partial charge in [-0.05, 0) is 6.42 Å². The molecule has 1 aliphatic rings. The Bertz CT molecular complexity index is 356. The maximum absolute atomic E-state index is 11.9. The van der Waals surface area contributed by atoms with Crippen molar-refractivity contribution in [1.29, 1.82) is 0 Å². The van der Waals surface area contributed by atoms with Crippen molar-refractivity contribution in [2.75, 3.05) is 6.54 Å². The lowest BCUT2D eigenvalue weighted by atomic mass is 10.2. The molecular formula is C9H12FN3O3. The van der Waals surface area contributed by atoms with Crippen LogP contribution in [-0.4, -0.2) is 41.4 Å². The van der Waals surface area contributed by atoms with Gasteiger partial charge in [0, 0.05) is 24.7 Å². The Kier molecular flexibility index (Phi) is 3.73. The lowest BCUT2D eigenvalue weighted by Crippen LogP contribution is -2.43. The molecule has 0 spiro atoms. The molecule has 0 aromatic rings. The van der Waals surface area contributed by atoms with E-state index in [4.69, 9.17) is 11.5 Å². The highest BCUT2D eigenvalue weighted by molar-refractivity contribution is 5.97. The second kappa shape index (κ2) is 4.84. The predicted molar refractivity (Wildman–Crippen MR) is 52.5 cm³/mol. The van der Waals surface area contributed by atoms with E-state index in [9.17, 15) is 18.8 Å². The van der Waals surface area contributed by atoms with Gasteiger partial charge in [-0.25, -0.2) is 0 Å². The first-order chi connectivity index (χ1) is 7.41. The highest BCUT2D eigenvalue weighted by atomic mass is 19.1. The summed E-state index contributed by atoms with van der Waals surface area (Å²) >= 11 is 0. The van der Waals surface area contributed by atoms with Crippen molar-refractivity contribution in [1.82, 2.24) is 4.90 Å². The quantitative estimate of drug-likeness (QED) is 0.451. The largest absolute Gasteiger partial charge is 0.368 e. The van der Waals surface area contributed by atoms with Gasteiger partial charge < -0.3 is 16.4 Å². The summed E-state index contributed by atoms with van der Waals surface area (Å²) in [5, 5.41) is 0. The average molecular weight is 229 g/mol. The highest BCUT2D eigenvalue weighted by Gasteiger charge is 2.35. The van der Waals surface area contributed by atoms with E-state index in [0.717, 1.165) is 11.0 Å². The van der Waals surface area contributed by atoms with Crippen LogP contribution >= 0.6 is 0 Å². The standard InChI is InChI=1S/C9H12FN3O3/c10-7(14)1-2-8(15)13-4-5(11)3-6(13)9(12)16/h1-2,5-6H,3-4,11H2,(H2,12,16)/b2-1+/t5-,6+/m0/s1. The number of nitrogens with two attached hydrogens (primary N) is 2. The molecule has 0 radical (unpaired) electrons. The van der Waals surface area contributed by atoms with Crippen LogP contribution in [0.25, 0.3) is 0 Å². The number of rotatable bonds is 3. The van der Waals surface area contributed by atoms with Crippen molar-refractivity contribution in [3.8, 4) is 0 Å². The number of carbonyl (C=O) groups excluding carboxylic acids is 3. The summed E-state index contributed by atoms with van der Waals surface area (Å²) in [6, 6.07) is -2.86. The van der Waals surface area contributed by atoms with Gasteiger partial charge in [0.05, 0.1) is 0 Å². The van der Waals surface area contributed by atoms with E-state index in [2.05, 4.69) is 0 Å². The molecule has 0 bridgehead atoms. The van der Waals surface area contributed by atoms with Crippen LogP contribution in [0, 0.1) is 0 Å². The average Bonchev–Trinajstić information content (AvgIpc) is 2.56. The summed E-state index contributed by atoms with van der Waals surface area (Å²) in [6.07, 6.45) is 1.53. The molecule has 0 aromatic carbocycles. The second-order valence-electron chi connectivity index (χ2n) is 3.54. The number of amides is 2. The van der Waals surface area contributed by atoms with Crippen LogP contribution in [0.15, 0.2) is 12.2 Å². The van der Waals surface area contributed by atoms with Crippen LogP contribution in [0.5, 0.6) is 0 Å². The Labute approximate surface area is 91.1 Å². The topological polar surface area (TPSA) is 106 Å². The predicted octanol–water partition coefficient (Wildman–Crippen LogP) is -1.55. The summed E-state index contributed by atoms with van der Waals surface area (Å²) in [6.45, 7) is 0.164. The summed E-state index contributed by atoms with van der Waals surface area (Å²) in [5.41, 5.74) is 10.7. The number of allylic oxidation sites excluding steroid dienone is 1. The number of hydrogen-bond donors (Lipinski definition) is 2. The van der Waals surface area contributed by atoms with Crippen molar-refractivity contribution < 1.29 is 18.8 Å². The SMILES string of the molecule is NC(=O)[C@H]1C[C@H](N)CN1C(=O)/C=C/C(=O)F. The van der Waals surface area contributed by atoms with E-state index in [1.807, 2.05) is 0 Å². The maximum atomic E-state index is 11.9. The normalized spacial score (nSPS) is 25.0. The molecule has 4 N–H and O–H groups in total. The minimum Gasteiger partial charge on any atom is -0.368 e. The van der Waals surface area contributed by atoms with Crippen molar-refractivity contribution in [3.05, 3.63) is 12.2 Å². The van der Waals surface area contributed by atoms with E-state index in [1.165, 1.54) is 0 Å². The fourth-order valence-corrected chi connectivity index (χ4v) is 1.61. The third-order valence-corrected chi connectivity index (χ3v) is 2.30. The Balaban J connectivity index is 2.74. The fraction of sp³-hybridized carbons (Fsp3) is 0.444. The second-order valence-corrected chi connectivity index (χ2v) is 3.54. The summed E-state index contributed by atoms with van der Waals surface area (Å²) in [4.78, 5) is 33.6. The number of likely N-dealkylation sites (tertiary alicyclic amines) is 1. The molecule has 0 aromatic heterocycles.